The molecule has 1 N–H and O–H groups in total. The number of carbonyl (C=O) groups is 1. The van der Waals surface area contributed by atoms with Gasteiger partial charge in [0.1, 0.15) is 0 Å². The van der Waals surface area contributed by atoms with Crippen LogP contribution in [0.25, 0.3) is 0 Å². The van der Waals surface area contributed by atoms with Crippen molar-refractivity contribution in [1.29, 1.82) is 0 Å². The topological polar surface area (TPSA) is 82.0 Å². The summed E-state index contributed by atoms with van der Waals surface area (Å²) in [7, 11) is 0. The lowest BCUT2D eigenvalue weighted by Crippen LogP contribution is -2.07. The number of esters is 1. The third kappa shape index (κ3) is 6.51. The Hall–Kier alpha value is -2.13. The predicted octanol–water partition coefficient (Wildman–Crippen LogP) is 4.25. The molecular weight excluding hydrogens is 434 g/mol. The van der Waals surface area contributed by atoms with Crippen molar-refractivity contribution in [2.24, 2.45) is 5.10 Å². The van der Waals surface area contributed by atoms with Crippen LogP contribution in [-0.2, 0) is 16.0 Å². The number of carbonyl (C=O) groups excluding carboxylic acids is 1. The maximum atomic E-state index is 11.5. The van der Waals surface area contributed by atoms with Crippen LogP contribution in [-0.4, -0.2) is 37.0 Å². The lowest BCUT2D eigenvalue weighted by Gasteiger charge is -2.13. The molecule has 0 unspecified atom stereocenters. The number of nitrogens with one attached hydrogen (secondary N) is 1. The van der Waals surface area contributed by atoms with Gasteiger partial charge in [-0.2, -0.15) is 5.10 Å². The Morgan fingerprint density at radius 3 is 2.74 bits per heavy atom. The molecule has 146 valence electrons. The number of aromatic nitrogens is 1. The second kappa shape index (κ2) is 10.9. The molecule has 0 radical (unpaired) electrons. The molecule has 0 atom stereocenters. The summed E-state index contributed by atoms with van der Waals surface area (Å²) in [5.41, 5.74) is 4.36. The molecule has 0 amide bonds. The number of halogens is 1. The monoisotopic (exact) mass is 455 g/mol. The Morgan fingerprint density at radius 1 is 1.26 bits per heavy atom. The number of anilines is 1. The minimum atomic E-state index is -0.291. The Labute approximate surface area is 170 Å². The van der Waals surface area contributed by atoms with E-state index in [1.165, 1.54) is 11.3 Å². The predicted molar refractivity (Wildman–Crippen MR) is 110 cm³/mol. The first-order valence-corrected chi connectivity index (χ1v) is 10.2. The number of hydrogen-bond donors (Lipinski definition) is 1. The van der Waals surface area contributed by atoms with Gasteiger partial charge >= 0.3 is 5.97 Å². The zero-order valence-corrected chi connectivity index (χ0v) is 17.9. The van der Waals surface area contributed by atoms with Crippen molar-refractivity contribution in [3.8, 4) is 11.5 Å². The molecule has 0 aliphatic carbocycles. The summed E-state index contributed by atoms with van der Waals surface area (Å²) in [6, 6.07) is 3.76. The fourth-order valence-electron chi connectivity index (χ4n) is 2.17. The molecule has 0 saturated carbocycles. The van der Waals surface area contributed by atoms with Gasteiger partial charge in [0, 0.05) is 5.38 Å². The van der Waals surface area contributed by atoms with Gasteiger partial charge in [0.25, 0.3) is 0 Å². The molecule has 27 heavy (non-hydrogen) atoms. The van der Waals surface area contributed by atoms with Crippen molar-refractivity contribution in [1.82, 2.24) is 4.98 Å². The Balaban J connectivity index is 2.03. The molecule has 0 aliphatic heterocycles. The van der Waals surface area contributed by atoms with Crippen LogP contribution < -0.4 is 14.9 Å². The number of hydrogen-bond acceptors (Lipinski definition) is 8. The first-order chi connectivity index (χ1) is 13.1. The quantitative estimate of drug-likeness (QED) is 0.327. The van der Waals surface area contributed by atoms with Crippen LogP contribution in [0.3, 0.4) is 0 Å². The van der Waals surface area contributed by atoms with Crippen LogP contribution in [0, 0.1) is 0 Å². The normalized spacial score (nSPS) is 10.8. The van der Waals surface area contributed by atoms with Gasteiger partial charge in [-0.3, -0.25) is 10.2 Å². The summed E-state index contributed by atoms with van der Waals surface area (Å²) in [4.78, 5) is 15.8. The van der Waals surface area contributed by atoms with Crippen molar-refractivity contribution in [3.63, 3.8) is 0 Å². The van der Waals surface area contributed by atoms with Crippen molar-refractivity contribution < 1.29 is 19.0 Å². The Kier molecular flexibility index (Phi) is 8.53. The van der Waals surface area contributed by atoms with E-state index in [0.29, 0.717) is 42.1 Å². The fraction of sp³-hybridized carbons (Fsp3) is 0.389. The van der Waals surface area contributed by atoms with Gasteiger partial charge in [0.2, 0.25) is 5.13 Å². The van der Waals surface area contributed by atoms with Gasteiger partial charge in [0.05, 0.1) is 42.6 Å². The highest BCUT2D eigenvalue weighted by molar-refractivity contribution is 9.10. The average molecular weight is 456 g/mol. The molecule has 2 rings (SSSR count). The van der Waals surface area contributed by atoms with Gasteiger partial charge in [-0.1, -0.05) is 0 Å². The fourth-order valence-corrected chi connectivity index (χ4v) is 3.40. The van der Waals surface area contributed by atoms with E-state index >= 15 is 0 Å². The van der Waals surface area contributed by atoms with Crippen LogP contribution in [0.5, 0.6) is 11.5 Å². The van der Waals surface area contributed by atoms with Crippen molar-refractivity contribution in [3.05, 3.63) is 33.2 Å². The molecule has 0 saturated heterocycles. The molecule has 1 aromatic heterocycles. The molecule has 0 aliphatic rings. The van der Waals surface area contributed by atoms with E-state index in [2.05, 4.69) is 31.4 Å². The molecule has 1 heterocycles. The first-order valence-electron chi connectivity index (χ1n) is 8.55. The molecule has 7 nitrogen and oxygen atoms in total. The molecule has 0 fully saturated rings. The second-order valence-corrected chi connectivity index (χ2v) is 6.90. The molecule has 0 spiro atoms. The summed E-state index contributed by atoms with van der Waals surface area (Å²) in [6.45, 7) is 7.06. The average Bonchev–Trinajstić information content (AvgIpc) is 3.05. The highest BCUT2D eigenvalue weighted by atomic mass is 79.9. The van der Waals surface area contributed by atoms with E-state index in [-0.39, 0.29) is 12.4 Å². The number of rotatable bonds is 10. The summed E-state index contributed by atoms with van der Waals surface area (Å²) in [5, 5.41) is 6.60. The third-order valence-electron chi connectivity index (χ3n) is 3.18. The van der Waals surface area contributed by atoms with Crippen LogP contribution >= 0.6 is 27.3 Å². The molecule has 1 aromatic carbocycles. The third-order valence-corrected chi connectivity index (χ3v) is 4.56. The van der Waals surface area contributed by atoms with Crippen LogP contribution in [0.1, 0.15) is 32.0 Å². The summed E-state index contributed by atoms with van der Waals surface area (Å²) < 4.78 is 17.0. The minimum Gasteiger partial charge on any atom is -0.490 e. The second-order valence-electron chi connectivity index (χ2n) is 5.19. The largest absolute Gasteiger partial charge is 0.490 e. The Morgan fingerprint density at radius 2 is 2.04 bits per heavy atom. The zero-order chi connectivity index (χ0) is 19.6. The van der Waals surface area contributed by atoms with Gasteiger partial charge in [-0.25, -0.2) is 4.98 Å². The van der Waals surface area contributed by atoms with Gasteiger partial charge in [0.15, 0.2) is 11.5 Å². The Bertz CT molecular complexity index is 795. The van der Waals surface area contributed by atoms with E-state index in [0.717, 1.165) is 10.0 Å². The lowest BCUT2D eigenvalue weighted by atomic mass is 10.2. The maximum Gasteiger partial charge on any atom is 0.311 e. The van der Waals surface area contributed by atoms with Gasteiger partial charge in [-0.15, -0.1) is 11.3 Å². The summed E-state index contributed by atoms with van der Waals surface area (Å²) >= 11 is 4.87. The molecule has 9 heteroatoms. The number of ether oxygens (including phenoxy) is 3. The summed E-state index contributed by atoms with van der Waals surface area (Å²) in [6.07, 6.45) is 1.81. The molecule has 0 bridgehead atoms. The van der Waals surface area contributed by atoms with Crippen molar-refractivity contribution in [2.75, 3.05) is 25.2 Å². The maximum absolute atomic E-state index is 11.5. The smallest absolute Gasteiger partial charge is 0.311 e. The SMILES string of the molecule is CCOC(=O)Cc1csc(NN=Cc2cc(Br)c(OCC)c(OCC)c2)n1. The van der Waals surface area contributed by atoms with Crippen LogP contribution in [0.15, 0.2) is 27.1 Å². The minimum absolute atomic E-state index is 0.152. The highest BCUT2D eigenvalue weighted by Crippen LogP contribution is 2.36. The van der Waals surface area contributed by atoms with Crippen LogP contribution in [0.2, 0.25) is 0 Å². The van der Waals surface area contributed by atoms with E-state index < -0.39 is 0 Å². The van der Waals surface area contributed by atoms with Crippen molar-refractivity contribution >= 4 is 44.6 Å². The number of nitrogens with zero attached hydrogens (tertiary/aromatic N) is 2. The van der Waals surface area contributed by atoms with E-state index in [9.17, 15) is 4.79 Å². The van der Waals surface area contributed by atoms with E-state index in [4.69, 9.17) is 14.2 Å². The van der Waals surface area contributed by atoms with Gasteiger partial charge < -0.3 is 14.2 Å². The molecule has 2 aromatic rings. The number of thiazole rings is 1. The zero-order valence-electron chi connectivity index (χ0n) is 15.5. The highest BCUT2D eigenvalue weighted by Gasteiger charge is 2.11. The summed E-state index contributed by atoms with van der Waals surface area (Å²) in [5.74, 6) is 1.04. The first kappa shape index (κ1) is 21.2. The van der Waals surface area contributed by atoms with Crippen molar-refractivity contribution in [2.45, 2.75) is 27.2 Å². The molecular formula is C18H22BrN3O4S. The van der Waals surface area contributed by atoms with Gasteiger partial charge in [-0.05, 0) is 54.4 Å². The number of hydrazone groups is 1. The van der Waals surface area contributed by atoms with Crippen LogP contribution in [0.4, 0.5) is 5.13 Å². The standard InChI is InChI=1S/C18H22BrN3O4S/c1-4-24-15-8-12(7-14(19)17(15)26-6-3)10-20-22-18-21-13(11-27-18)9-16(23)25-5-2/h7-8,10-11H,4-6,9H2,1-3H3,(H,21,22). The van der Waals surface area contributed by atoms with E-state index in [1.54, 1.807) is 18.5 Å². The lowest BCUT2D eigenvalue weighted by molar-refractivity contribution is -0.142. The number of benzene rings is 1. The van der Waals surface area contributed by atoms with E-state index in [1.807, 2.05) is 26.0 Å².